The van der Waals surface area contributed by atoms with Crippen molar-refractivity contribution in [2.75, 3.05) is 6.61 Å². The lowest BCUT2D eigenvalue weighted by Crippen LogP contribution is -2.28. The van der Waals surface area contributed by atoms with Gasteiger partial charge in [-0.1, -0.05) is 54.4 Å². The molecule has 24 heteroatoms. The van der Waals surface area contributed by atoms with Crippen molar-refractivity contribution in [3.8, 4) is 28.1 Å². The fraction of sp³-hybridized carbons (Fsp3) is 0.548. The summed E-state index contributed by atoms with van der Waals surface area (Å²) in [4.78, 5) is 75.0. The number of carboxylic acid groups (broad SMARTS) is 5. The van der Waals surface area contributed by atoms with E-state index in [2.05, 4.69) is 45.9 Å². The molecule has 1 fully saturated rings. The van der Waals surface area contributed by atoms with E-state index < -0.39 is 88.4 Å². The Bertz CT molecular complexity index is 4790. The van der Waals surface area contributed by atoms with Gasteiger partial charge in [0.05, 0.1) is 46.0 Å². The molecule has 0 spiro atoms. The topological polar surface area (TPSA) is 255 Å². The van der Waals surface area contributed by atoms with Gasteiger partial charge in [-0.25, -0.2) is 29.0 Å². The third-order valence-electron chi connectivity index (χ3n) is 20.5. The fourth-order valence-corrected chi connectivity index (χ4v) is 22.3. The van der Waals surface area contributed by atoms with Crippen LogP contribution in [0, 0.1) is 87.0 Å². The van der Waals surface area contributed by atoms with Gasteiger partial charge < -0.3 is 54.0 Å². The average molecular weight is 1740 g/mol. The molecule has 7 aromatic rings. The van der Waals surface area contributed by atoms with Crippen molar-refractivity contribution < 1.29 is 77.9 Å². The summed E-state index contributed by atoms with van der Waals surface area (Å²) in [6, 6.07) is 9.08. The molecule has 8 unspecified atom stereocenters. The molecular formula is C93H123Cl2NO16S5. The van der Waals surface area contributed by atoms with Crippen molar-refractivity contribution in [3.05, 3.63) is 158 Å². The van der Waals surface area contributed by atoms with Crippen molar-refractivity contribution in [2.45, 2.75) is 309 Å². The summed E-state index contributed by atoms with van der Waals surface area (Å²) in [6.45, 7) is 51.3. The van der Waals surface area contributed by atoms with Crippen molar-refractivity contribution >= 4 is 126 Å². The monoisotopic (exact) mass is 1740 g/mol. The van der Waals surface area contributed by atoms with Crippen molar-refractivity contribution in [1.29, 1.82) is 0 Å². The number of rotatable bonds is 20. The minimum Gasteiger partial charge on any atom is -0.492 e. The van der Waals surface area contributed by atoms with E-state index in [0.29, 0.717) is 38.9 Å². The summed E-state index contributed by atoms with van der Waals surface area (Å²) in [7, 11) is 0. The number of hydrogen-bond donors (Lipinski definition) is 5. The SMILES string of the molecule is Cc1sc(C)c(C(OC(C)(C)C)C(=O)O)c1-c1ccc(Cl)cc1Cl.Cc1sc(C)c(C(OC(C)(C)C)C(=O)O)c1-c1ccc2c(n1)CCCO2.Cc1sc(C)c(C(OC(C)(C)C)C(=O)O)c1C1=CC2CCC1C2.Cc1sc(C)c(C(OC(C)(C)C)C(=O)O)c1C1=CCCC1.Cc1sc(C)c(C(OC(C)(C)C)C(=O)O)c1C1=CCCCC1C. The predicted octanol–water partition coefficient (Wildman–Crippen LogP) is 26.5. The van der Waals surface area contributed by atoms with E-state index in [4.69, 9.17) is 56.6 Å². The summed E-state index contributed by atoms with van der Waals surface area (Å²) >= 11 is 20.5. The Balaban J connectivity index is 0.000000183. The molecule has 0 radical (unpaired) electrons. The number of carbonyl (C=O) groups is 5. The fourth-order valence-electron chi connectivity index (χ4n) is 16.3. The number of allylic oxidation sites excluding steroid dienone is 6. The van der Waals surface area contributed by atoms with Gasteiger partial charge in [0.15, 0.2) is 30.5 Å². The van der Waals surface area contributed by atoms with E-state index >= 15 is 0 Å². The second kappa shape index (κ2) is 39.2. The van der Waals surface area contributed by atoms with Crippen molar-refractivity contribution in [1.82, 2.24) is 4.98 Å². The van der Waals surface area contributed by atoms with Gasteiger partial charge in [-0.2, -0.15) is 0 Å². The standard InChI is InChI=1S/C20H25NO4S.C19H26O3S.C19H28O3S.C18H20Cl2O3S.C17H24O3S/c1-11-16(14-8-9-15-13(21-14)7-6-10-24-15)17(12(2)26-11)18(19(22)23)25-20(3,4)5;1-10-15(14-9-12-6-7-13(14)8-12)16(11(2)23-10)17(18(20)21)22-19(3,4)5;1-11-9-7-8-10-14(11)15-12(2)23-13(3)16(15)17(18(20)21)22-19(4,5)6;1-9-14(12-7-6-11(19)8-13(12)20)15(10(2)24-9)16(17(21)22)23-18(3,4)5;1-10-13(12-8-6-7-9-12)14(11(2)21-10)15(16(18)19)20-17(3,4)5/h8-9,18H,6-7,10H2,1-5H3,(H,22,23);9,12-13,17H,6-8H2,1-5H3,(H,20,21);10-11,17H,7-9H2,1-6H3,(H,20,21);6-8,16H,1-5H3,(H,21,22);8,15H,6-7,9H2,1-5H3,(H,18,19). The van der Waals surface area contributed by atoms with Crippen LogP contribution in [0.1, 0.15) is 304 Å². The van der Waals surface area contributed by atoms with E-state index in [9.17, 15) is 49.5 Å². The first-order chi connectivity index (χ1) is 54.2. The molecule has 7 heterocycles. The van der Waals surface area contributed by atoms with Crippen LogP contribution in [0.4, 0.5) is 0 Å². The zero-order valence-corrected chi connectivity index (χ0v) is 78.8. The molecule has 8 atom stereocenters. The van der Waals surface area contributed by atoms with Gasteiger partial charge >= 0.3 is 29.8 Å². The molecule has 17 nitrogen and oxygen atoms in total. The molecule has 1 aromatic carbocycles. The van der Waals surface area contributed by atoms with Gasteiger partial charge in [-0.05, 0) is 319 Å². The molecule has 1 aliphatic heterocycles. The van der Waals surface area contributed by atoms with Crippen LogP contribution < -0.4 is 4.74 Å². The molecule has 640 valence electrons. The molecule has 0 amide bonds. The number of fused-ring (bicyclic) bond motifs is 3. The lowest BCUT2D eigenvalue weighted by Gasteiger charge is -2.28. The number of aliphatic carboxylic acids is 5. The minimum atomic E-state index is -1.06. The average Bonchev–Trinajstić information content (AvgIpc) is 1.62. The Labute approximate surface area is 723 Å². The molecule has 0 saturated heterocycles. The lowest BCUT2D eigenvalue weighted by molar-refractivity contribution is -0.161. The molecule has 1 saturated carbocycles. The number of aryl methyl sites for hydroxylation is 11. The van der Waals surface area contributed by atoms with Crippen LogP contribution in [-0.2, 0) is 54.1 Å². The Kier molecular flexibility index (Phi) is 32.2. The molecule has 5 aliphatic rings. The first-order valence-corrected chi connectivity index (χ1v) is 45.2. The van der Waals surface area contributed by atoms with Crippen LogP contribution in [0.5, 0.6) is 5.75 Å². The Morgan fingerprint density at radius 3 is 1.21 bits per heavy atom. The quantitative estimate of drug-likeness (QED) is 0.0475. The Morgan fingerprint density at radius 2 is 0.829 bits per heavy atom. The smallest absolute Gasteiger partial charge is 0.337 e. The summed E-state index contributed by atoms with van der Waals surface area (Å²) in [5.41, 5.74) is 12.9. The first kappa shape index (κ1) is 96.1. The van der Waals surface area contributed by atoms with Gasteiger partial charge in [0.1, 0.15) is 5.75 Å². The number of benzene rings is 1. The highest BCUT2D eigenvalue weighted by Gasteiger charge is 2.42. The molecule has 5 N–H and O–H groups in total. The number of halogens is 2. The van der Waals surface area contributed by atoms with Crippen LogP contribution in [-0.4, -0.2) is 95.0 Å². The Morgan fingerprint density at radius 1 is 0.444 bits per heavy atom. The third kappa shape index (κ3) is 24.7. The minimum absolute atomic E-state index is 0.472. The molecule has 6 aromatic heterocycles. The van der Waals surface area contributed by atoms with Crippen LogP contribution in [0.2, 0.25) is 10.0 Å². The van der Waals surface area contributed by atoms with E-state index in [-0.39, 0.29) is 0 Å². The number of carboxylic acids is 5. The second-order valence-electron chi connectivity index (χ2n) is 36.0. The molecule has 12 rings (SSSR count). The molecule has 117 heavy (non-hydrogen) atoms. The summed E-state index contributed by atoms with van der Waals surface area (Å²) in [5, 5.41) is 49.8. The van der Waals surface area contributed by atoms with Gasteiger partial charge in [0.2, 0.25) is 0 Å². The summed E-state index contributed by atoms with van der Waals surface area (Å²) in [5.74, 6) is -2.13. The van der Waals surface area contributed by atoms with E-state index in [0.717, 1.165) is 153 Å². The zero-order valence-electron chi connectivity index (χ0n) is 73.2. The maximum absolute atomic E-state index is 12.0. The molecule has 4 aliphatic carbocycles. The van der Waals surface area contributed by atoms with Gasteiger partial charge in [-0.15, -0.1) is 56.7 Å². The van der Waals surface area contributed by atoms with Crippen LogP contribution in [0.25, 0.3) is 39.1 Å². The van der Waals surface area contributed by atoms with E-state index in [1.165, 1.54) is 57.0 Å². The zero-order chi connectivity index (χ0) is 87.4. The molecular weight excluding hydrogens is 1620 g/mol. The Hall–Kier alpha value is -6.38. The number of hydrogen-bond acceptors (Lipinski definition) is 17. The second-order valence-corrected chi connectivity index (χ2v) is 44.0. The maximum atomic E-state index is 12.0. The number of nitrogens with zero attached hydrogens (tertiary/aromatic N) is 1. The number of aromatic nitrogens is 1. The van der Waals surface area contributed by atoms with Crippen LogP contribution in [0.15, 0.2) is 48.6 Å². The van der Waals surface area contributed by atoms with Crippen LogP contribution in [0.3, 0.4) is 0 Å². The van der Waals surface area contributed by atoms with Gasteiger partial charge in [0, 0.05) is 103 Å². The lowest BCUT2D eigenvalue weighted by atomic mass is 9.82. The van der Waals surface area contributed by atoms with Gasteiger partial charge in [-0.3, -0.25) is 0 Å². The first-order valence-electron chi connectivity index (χ1n) is 40.4. The van der Waals surface area contributed by atoms with E-state index in [1.807, 2.05) is 171 Å². The van der Waals surface area contributed by atoms with Crippen molar-refractivity contribution in [3.63, 3.8) is 0 Å². The predicted molar refractivity (Wildman–Crippen MR) is 479 cm³/mol. The normalized spacial score (nSPS) is 18.0. The van der Waals surface area contributed by atoms with Gasteiger partial charge in [0.25, 0.3) is 0 Å². The summed E-state index contributed by atoms with van der Waals surface area (Å²) < 4.78 is 35.1. The largest absolute Gasteiger partial charge is 0.492 e. The van der Waals surface area contributed by atoms with Crippen molar-refractivity contribution in [2.24, 2.45) is 17.8 Å². The maximum Gasteiger partial charge on any atom is 0.337 e. The highest BCUT2D eigenvalue weighted by Crippen LogP contribution is 2.54. The number of thiophene rings is 5. The molecule has 2 bridgehead atoms. The van der Waals surface area contributed by atoms with Crippen LogP contribution >= 0.6 is 79.9 Å². The third-order valence-corrected chi connectivity index (χ3v) is 26.3. The number of pyridine rings is 1. The highest BCUT2D eigenvalue weighted by atomic mass is 35.5. The summed E-state index contributed by atoms with van der Waals surface area (Å²) in [6.07, 6.45) is 14.4. The number of ether oxygens (including phenoxy) is 6. The highest BCUT2D eigenvalue weighted by molar-refractivity contribution is 7.13. The van der Waals surface area contributed by atoms with E-state index in [1.54, 1.807) is 68.8 Å².